The van der Waals surface area contributed by atoms with Crippen LogP contribution in [0.25, 0.3) is 0 Å². The molecule has 0 aliphatic heterocycles. The number of hydrogen-bond acceptors (Lipinski definition) is 3. The van der Waals surface area contributed by atoms with Crippen LogP contribution >= 0.6 is 0 Å². The minimum atomic E-state index is 0.581. The molecule has 3 heteroatoms. The van der Waals surface area contributed by atoms with Crippen molar-refractivity contribution in [3.8, 4) is 0 Å². The summed E-state index contributed by atoms with van der Waals surface area (Å²) in [5, 5.41) is 0. The number of pyridine rings is 1. The largest absolute Gasteiger partial charge is 0.354 e. The molecule has 2 rings (SSSR count). The van der Waals surface area contributed by atoms with Crippen molar-refractivity contribution >= 4 is 5.82 Å². The van der Waals surface area contributed by atoms with Gasteiger partial charge >= 0.3 is 0 Å². The molecular weight excluding hydrogens is 198 g/mol. The van der Waals surface area contributed by atoms with Gasteiger partial charge in [-0.1, -0.05) is 0 Å². The van der Waals surface area contributed by atoms with Gasteiger partial charge in [0.1, 0.15) is 5.82 Å². The van der Waals surface area contributed by atoms with Crippen LogP contribution in [0.5, 0.6) is 0 Å². The van der Waals surface area contributed by atoms with Crippen LogP contribution in [0.4, 0.5) is 5.82 Å². The van der Waals surface area contributed by atoms with Crippen LogP contribution in [0.15, 0.2) is 6.07 Å². The van der Waals surface area contributed by atoms with E-state index in [0.29, 0.717) is 12.6 Å². The molecular formula is C13H21N3. The smallest absolute Gasteiger partial charge is 0.133 e. The zero-order chi connectivity index (χ0) is 11.7. The Morgan fingerprint density at radius 3 is 2.62 bits per heavy atom. The third-order valence-electron chi connectivity index (χ3n) is 3.26. The maximum atomic E-state index is 5.85. The summed E-state index contributed by atoms with van der Waals surface area (Å²) in [6, 6.07) is 2.82. The highest BCUT2D eigenvalue weighted by molar-refractivity contribution is 5.53. The zero-order valence-electron chi connectivity index (χ0n) is 10.5. The van der Waals surface area contributed by atoms with Gasteiger partial charge in [0.15, 0.2) is 0 Å². The number of anilines is 1. The zero-order valence-corrected chi connectivity index (χ0v) is 10.5. The van der Waals surface area contributed by atoms with E-state index in [-0.39, 0.29) is 0 Å². The van der Waals surface area contributed by atoms with Crippen LogP contribution in [0.2, 0.25) is 0 Å². The molecule has 1 fully saturated rings. The number of hydrogen-bond donors (Lipinski definition) is 1. The van der Waals surface area contributed by atoms with Gasteiger partial charge in [-0.15, -0.1) is 0 Å². The van der Waals surface area contributed by atoms with Crippen LogP contribution in [-0.4, -0.2) is 17.6 Å². The highest BCUT2D eigenvalue weighted by Gasteiger charge is 2.30. The Kier molecular flexibility index (Phi) is 3.15. The van der Waals surface area contributed by atoms with E-state index in [9.17, 15) is 0 Å². The number of nitrogens with two attached hydrogens (primary N) is 1. The third kappa shape index (κ3) is 2.05. The number of aromatic nitrogens is 1. The normalized spacial score (nSPS) is 15.2. The minimum Gasteiger partial charge on any atom is -0.354 e. The van der Waals surface area contributed by atoms with Gasteiger partial charge in [0.25, 0.3) is 0 Å². The lowest BCUT2D eigenvalue weighted by Crippen LogP contribution is -2.28. The van der Waals surface area contributed by atoms with Crippen LogP contribution in [0.1, 0.15) is 36.6 Å². The van der Waals surface area contributed by atoms with Crippen LogP contribution < -0.4 is 10.6 Å². The van der Waals surface area contributed by atoms with Gasteiger partial charge in [-0.05, 0) is 45.2 Å². The molecule has 0 amide bonds. The molecule has 0 bridgehead atoms. The summed E-state index contributed by atoms with van der Waals surface area (Å²) in [4.78, 5) is 7.09. The van der Waals surface area contributed by atoms with Crippen molar-refractivity contribution in [1.82, 2.24) is 4.98 Å². The summed E-state index contributed by atoms with van der Waals surface area (Å²) in [7, 11) is 0. The highest BCUT2D eigenvalue weighted by Crippen LogP contribution is 2.33. The molecule has 1 aliphatic rings. The van der Waals surface area contributed by atoms with Gasteiger partial charge in [-0.3, -0.25) is 0 Å². The van der Waals surface area contributed by atoms with Crippen molar-refractivity contribution in [3.63, 3.8) is 0 Å². The van der Waals surface area contributed by atoms with E-state index >= 15 is 0 Å². The fourth-order valence-corrected chi connectivity index (χ4v) is 2.30. The molecule has 1 heterocycles. The second-order valence-electron chi connectivity index (χ2n) is 4.60. The van der Waals surface area contributed by atoms with Crippen molar-refractivity contribution in [2.45, 2.75) is 46.2 Å². The molecule has 1 saturated carbocycles. The molecule has 0 spiro atoms. The average Bonchev–Trinajstić information content (AvgIpc) is 3.02. The Bertz CT molecular complexity index is 383. The van der Waals surface area contributed by atoms with Crippen LogP contribution in [0.3, 0.4) is 0 Å². The first-order valence-electron chi connectivity index (χ1n) is 6.11. The van der Waals surface area contributed by atoms with Gasteiger partial charge in [0, 0.05) is 30.4 Å². The van der Waals surface area contributed by atoms with Gasteiger partial charge in [0.05, 0.1) is 0 Å². The van der Waals surface area contributed by atoms with Crippen LogP contribution in [0, 0.1) is 13.8 Å². The number of nitrogens with zero attached hydrogens (tertiary/aromatic N) is 2. The summed E-state index contributed by atoms with van der Waals surface area (Å²) < 4.78 is 0. The van der Waals surface area contributed by atoms with E-state index in [4.69, 9.17) is 5.73 Å². The summed E-state index contributed by atoms with van der Waals surface area (Å²) in [6.45, 7) is 7.97. The standard InChI is InChI=1S/C13H21N3/c1-4-16(11-5-6-11)13-12(8-14)9(2)7-10(3)15-13/h7,11H,4-6,8,14H2,1-3H3. The van der Waals surface area contributed by atoms with Gasteiger partial charge in [-0.25, -0.2) is 4.98 Å². The molecule has 0 unspecified atom stereocenters. The molecule has 2 N–H and O–H groups in total. The first-order chi connectivity index (χ1) is 7.67. The van der Waals surface area contributed by atoms with Crippen molar-refractivity contribution in [2.75, 3.05) is 11.4 Å². The molecule has 0 radical (unpaired) electrons. The average molecular weight is 219 g/mol. The maximum Gasteiger partial charge on any atom is 0.133 e. The van der Waals surface area contributed by atoms with E-state index < -0.39 is 0 Å². The first kappa shape index (κ1) is 11.4. The highest BCUT2D eigenvalue weighted by atomic mass is 15.2. The molecule has 16 heavy (non-hydrogen) atoms. The number of aryl methyl sites for hydroxylation is 2. The predicted molar refractivity (Wildman–Crippen MR) is 67.6 cm³/mol. The molecule has 3 nitrogen and oxygen atoms in total. The lowest BCUT2D eigenvalue weighted by atomic mass is 10.1. The van der Waals surface area contributed by atoms with Gasteiger partial charge in [-0.2, -0.15) is 0 Å². The lowest BCUT2D eigenvalue weighted by molar-refractivity contribution is 0.791. The summed E-state index contributed by atoms with van der Waals surface area (Å²) in [5.74, 6) is 1.12. The molecule has 1 aromatic heterocycles. The van der Waals surface area contributed by atoms with E-state index in [1.54, 1.807) is 0 Å². The Balaban J connectivity index is 2.43. The Hall–Kier alpha value is -1.09. The maximum absolute atomic E-state index is 5.85. The van der Waals surface area contributed by atoms with Crippen molar-refractivity contribution in [2.24, 2.45) is 5.73 Å². The fraction of sp³-hybridized carbons (Fsp3) is 0.615. The van der Waals surface area contributed by atoms with Gasteiger partial charge in [0.2, 0.25) is 0 Å². The Morgan fingerprint density at radius 1 is 1.44 bits per heavy atom. The quantitative estimate of drug-likeness (QED) is 0.843. The molecule has 0 aromatic carbocycles. The topological polar surface area (TPSA) is 42.2 Å². The van der Waals surface area contributed by atoms with E-state index in [1.165, 1.54) is 24.0 Å². The molecule has 0 atom stereocenters. The third-order valence-corrected chi connectivity index (χ3v) is 3.26. The predicted octanol–water partition coefficient (Wildman–Crippen LogP) is 2.15. The van der Waals surface area contributed by atoms with Gasteiger partial charge < -0.3 is 10.6 Å². The van der Waals surface area contributed by atoms with E-state index in [1.807, 2.05) is 0 Å². The monoisotopic (exact) mass is 219 g/mol. The van der Waals surface area contributed by atoms with E-state index in [2.05, 4.69) is 36.7 Å². The fourth-order valence-electron chi connectivity index (χ4n) is 2.30. The Morgan fingerprint density at radius 2 is 2.12 bits per heavy atom. The minimum absolute atomic E-state index is 0.581. The van der Waals surface area contributed by atoms with Crippen molar-refractivity contribution in [3.05, 3.63) is 22.9 Å². The van der Waals surface area contributed by atoms with Crippen LogP contribution in [-0.2, 0) is 6.54 Å². The Labute approximate surface area is 97.7 Å². The SMILES string of the molecule is CCN(c1nc(C)cc(C)c1CN)C1CC1. The van der Waals surface area contributed by atoms with Crippen molar-refractivity contribution < 1.29 is 0 Å². The lowest BCUT2D eigenvalue weighted by Gasteiger charge is -2.25. The summed E-state index contributed by atoms with van der Waals surface area (Å²) >= 11 is 0. The second-order valence-corrected chi connectivity index (χ2v) is 4.60. The molecule has 88 valence electrons. The second kappa shape index (κ2) is 4.42. The summed E-state index contributed by atoms with van der Waals surface area (Å²) in [6.07, 6.45) is 2.60. The summed E-state index contributed by atoms with van der Waals surface area (Å²) in [5.41, 5.74) is 9.41. The molecule has 1 aliphatic carbocycles. The number of rotatable bonds is 4. The van der Waals surface area contributed by atoms with Crippen molar-refractivity contribution in [1.29, 1.82) is 0 Å². The molecule has 1 aromatic rings. The first-order valence-corrected chi connectivity index (χ1v) is 6.11. The molecule has 0 saturated heterocycles. The van der Waals surface area contributed by atoms with E-state index in [0.717, 1.165) is 18.1 Å².